The summed E-state index contributed by atoms with van der Waals surface area (Å²) in [4.78, 5) is 12.5. The molecule has 150 valence electrons. The lowest BCUT2D eigenvalue weighted by Crippen LogP contribution is -2.16. The van der Waals surface area contributed by atoms with Crippen molar-refractivity contribution >= 4 is 23.4 Å². The van der Waals surface area contributed by atoms with Gasteiger partial charge < -0.3 is 9.88 Å². The molecule has 0 aliphatic carbocycles. The molecule has 0 radical (unpaired) electrons. The highest BCUT2D eigenvalue weighted by Gasteiger charge is 2.14. The molecule has 0 spiro atoms. The van der Waals surface area contributed by atoms with Gasteiger partial charge in [0.1, 0.15) is 5.82 Å². The van der Waals surface area contributed by atoms with E-state index >= 15 is 0 Å². The van der Waals surface area contributed by atoms with Crippen molar-refractivity contribution in [2.24, 2.45) is 0 Å². The first-order chi connectivity index (χ1) is 14.1. The van der Waals surface area contributed by atoms with Crippen molar-refractivity contribution < 1.29 is 4.79 Å². The minimum Gasteiger partial charge on any atom is -0.325 e. The lowest BCUT2D eigenvalue weighted by atomic mass is 10.1. The standard InChI is InChI=1S/C23H26N4OS/c1-4-15-27-20(14-13-19-11-6-5-7-12-19)25-26-23(27)29-16-21(28)24-22-17(2)9-8-10-18(22)3/h4-12H,1,13-16H2,2-3H3,(H,24,28). The summed E-state index contributed by atoms with van der Waals surface area (Å²) >= 11 is 1.40. The van der Waals surface area contributed by atoms with Gasteiger partial charge in [0.2, 0.25) is 5.91 Å². The zero-order chi connectivity index (χ0) is 20.6. The minimum atomic E-state index is -0.0496. The average molecular weight is 407 g/mol. The van der Waals surface area contributed by atoms with Crippen LogP contribution < -0.4 is 5.32 Å². The van der Waals surface area contributed by atoms with Crippen LogP contribution in [0.2, 0.25) is 0 Å². The number of allylic oxidation sites excluding steroid dienone is 1. The van der Waals surface area contributed by atoms with Gasteiger partial charge in [0, 0.05) is 18.7 Å². The number of carbonyl (C=O) groups excluding carboxylic acids is 1. The lowest BCUT2D eigenvalue weighted by Gasteiger charge is -2.11. The van der Waals surface area contributed by atoms with E-state index in [1.165, 1.54) is 17.3 Å². The molecule has 0 saturated heterocycles. The van der Waals surface area contributed by atoms with Gasteiger partial charge in [0.25, 0.3) is 0 Å². The van der Waals surface area contributed by atoms with E-state index in [1.54, 1.807) is 0 Å². The predicted octanol–water partition coefficient (Wildman–Crippen LogP) is 4.60. The second-order valence-corrected chi connectivity index (χ2v) is 7.83. The Kier molecular flexibility index (Phi) is 7.25. The van der Waals surface area contributed by atoms with Gasteiger partial charge >= 0.3 is 0 Å². The molecule has 0 atom stereocenters. The van der Waals surface area contributed by atoms with Crippen molar-refractivity contribution in [3.05, 3.63) is 83.7 Å². The number of carbonyl (C=O) groups is 1. The van der Waals surface area contributed by atoms with Crippen molar-refractivity contribution in [3.63, 3.8) is 0 Å². The van der Waals surface area contributed by atoms with Gasteiger partial charge in [0.05, 0.1) is 5.75 Å². The maximum absolute atomic E-state index is 12.5. The number of aryl methyl sites for hydroxylation is 4. The molecule has 1 N–H and O–H groups in total. The number of amides is 1. The Morgan fingerprint density at radius 1 is 1.07 bits per heavy atom. The van der Waals surface area contributed by atoms with E-state index in [4.69, 9.17) is 0 Å². The molecule has 1 amide bonds. The Balaban J connectivity index is 1.63. The molecule has 3 rings (SSSR count). The Hall–Kier alpha value is -2.86. The van der Waals surface area contributed by atoms with Crippen LogP contribution in [-0.4, -0.2) is 26.4 Å². The number of anilines is 1. The Bertz CT molecular complexity index is 962. The molecule has 1 heterocycles. The third kappa shape index (κ3) is 5.57. The van der Waals surface area contributed by atoms with Gasteiger partial charge in [-0.1, -0.05) is 66.4 Å². The normalized spacial score (nSPS) is 10.7. The van der Waals surface area contributed by atoms with Crippen LogP contribution in [0.25, 0.3) is 0 Å². The summed E-state index contributed by atoms with van der Waals surface area (Å²) < 4.78 is 2.03. The topological polar surface area (TPSA) is 59.8 Å². The lowest BCUT2D eigenvalue weighted by molar-refractivity contribution is -0.113. The molecular weight excluding hydrogens is 380 g/mol. The zero-order valence-corrected chi connectivity index (χ0v) is 17.7. The van der Waals surface area contributed by atoms with E-state index in [9.17, 15) is 4.79 Å². The number of aromatic nitrogens is 3. The third-order valence-corrected chi connectivity index (χ3v) is 5.63. The first kappa shape index (κ1) is 20.9. The van der Waals surface area contributed by atoms with Crippen LogP contribution in [0, 0.1) is 13.8 Å². The fourth-order valence-electron chi connectivity index (χ4n) is 3.14. The number of para-hydroxylation sites is 1. The maximum Gasteiger partial charge on any atom is 0.234 e. The van der Waals surface area contributed by atoms with Crippen LogP contribution in [0.5, 0.6) is 0 Å². The maximum atomic E-state index is 12.5. The second kappa shape index (κ2) is 10.1. The molecule has 0 fully saturated rings. The zero-order valence-electron chi connectivity index (χ0n) is 16.9. The van der Waals surface area contributed by atoms with E-state index in [0.717, 1.165) is 40.6 Å². The quantitative estimate of drug-likeness (QED) is 0.417. The van der Waals surface area contributed by atoms with Gasteiger partial charge in [-0.3, -0.25) is 4.79 Å². The van der Waals surface area contributed by atoms with Gasteiger partial charge in [-0.25, -0.2) is 0 Å². The fraction of sp³-hybridized carbons (Fsp3) is 0.261. The number of hydrogen-bond donors (Lipinski definition) is 1. The molecular formula is C23H26N4OS. The summed E-state index contributed by atoms with van der Waals surface area (Å²) in [5.41, 5.74) is 4.26. The van der Waals surface area contributed by atoms with Crippen molar-refractivity contribution in [2.45, 2.75) is 38.4 Å². The van der Waals surface area contributed by atoms with E-state index < -0.39 is 0 Å². The molecule has 2 aromatic carbocycles. The van der Waals surface area contributed by atoms with Crippen LogP contribution in [0.15, 0.2) is 66.3 Å². The molecule has 5 nitrogen and oxygen atoms in total. The van der Waals surface area contributed by atoms with Gasteiger partial charge in [-0.05, 0) is 37.0 Å². The molecule has 1 aromatic heterocycles. The Morgan fingerprint density at radius 2 is 1.79 bits per heavy atom. The van der Waals surface area contributed by atoms with Crippen molar-refractivity contribution in [1.29, 1.82) is 0 Å². The fourth-order valence-corrected chi connectivity index (χ4v) is 3.91. The summed E-state index contributed by atoms with van der Waals surface area (Å²) in [7, 11) is 0. The summed E-state index contributed by atoms with van der Waals surface area (Å²) in [6, 6.07) is 16.3. The summed E-state index contributed by atoms with van der Waals surface area (Å²) in [6.45, 7) is 8.46. The van der Waals surface area contributed by atoms with E-state index in [2.05, 4.69) is 34.2 Å². The number of hydrogen-bond acceptors (Lipinski definition) is 4. The summed E-state index contributed by atoms with van der Waals surface area (Å²) in [5.74, 6) is 1.14. The molecule has 0 aliphatic rings. The van der Waals surface area contributed by atoms with E-state index in [-0.39, 0.29) is 11.7 Å². The second-order valence-electron chi connectivity index (χ2n) is 6.89. The van der Waals surface area contributed by atoms with E-state index in [1.807, 2.05) is 60.9 Å². The van der Waals surface area contributed by atoms with Crippen LogP contribution in [0.3, 0.4) is 0 Å². The first-order valence-electron chi connectivity index (χ1n) is 9.64. The van der Waals surface area contributed by atoms with Crippen molar-refractivity contribution in [3.8, 4) is 0 Å². The molecule has 6 heteroatoms. The first-order valence-corrected chi connectivity index (χ1v) is 10.6. The minimum absolute atomic E-state index is 0.0496. The van der Waals surface area contributed by atoms with Crippen molar-refractivity contribution in [1.82, 2.24) is 14.8 Å². The van der Waals surface area contributed by atoms with Gasteiger partial charge in [-0.15, -0.1) is 16.8 Å². The Labute approximate surface area is 176 Å². The largest absolute Gasteiger partial charge is 0.325 e. The van der Waals surface area contributed by atoms with Crippen LogP contribution in [0.1, 0.15) is 22.5 Å². The van der Waals surface area contributed by atoms with Crippen LogP contribution in [-0.2, 0) is 24.2 Å². The third-order valence-electron chi connectivity index (χ3n) is 4.66. The highest BCUT2D eigenvalue weighted by Crippen LogP contribution is 2.22. The van der Waals surface area contributed by atoms with Crippen molar-refractivity contribution in [2.75, 3.05) is 11.1 Å². The molecule has 0 unspecified atom stereocenters. The summed E-state index contributed by atoms with van der Waals surface area (Å²) in [6.07, 6.45) is 3.52. The number of nitrogens with zero attached hydrogens (tertiary/aromatic N) is 3. The molecule has 29 heavy (non-hydrogen) atoms. The van der Waals surface area contributed by atoms with Crippen LogP contribution in [0.4, 0.5) is 5.69 Å². The number of nitrogens with one attached hydrogen (secondary N) is 1. The predicted molar refractivity (Wildman–Crippen MR) is 119 cm³/mol. The number of benzene rings is 2. The molecule has 0 bridgehead atoms. The highest BCUT2D eigenvalue weighted by molar-refractivity contribution is 7.99. The van der Waals surface area contributed by atoms with Gasteiger partial charge in [-0.2, -0.15) is 0 Å². The smallest absolute Gasteiger partial charge is 0.234 e. The SMILES string of the molecule is C=CCn1c(CCc2ccccc2)nnc1SCC(=O)Nc1c(C)cccc1C. The monoisotopic (exact) mass is 406 g/mol. The molecule has 0 aliphatic heterocycles. The van der Waals surface area contributed by atoms with Crippen LogP contribution >= 0.6 is 11.8 Å². The van der Waals surface area contributed by atoms with E-state index in [0.29, 0.717) is 6.54 Å². The number of rotatable bonds is 9. The summed E-state index contributed by atoms with van der Waals surface area (Å²) in [5, 5.41) is 12.4. The highest BCUT2D eigenvalue weighted by atomic mass is 32.2. The molecule has 3 aromatic rings. The molecule has 0 saturated carbocycles. The van der Waals surface area contributed by atoms with Gasteiger partial charge in [0.15, 0.2) is 5.16 Å². The average Bonchev–Trinajstić information content (AvgIpc) is 3.10. The number of thioether (sulfide) groups is 1. The Morgan fingerprint density at radius 3 is 2.48 bits per heavy atom.